The molecular formula is C65H76FN15O19. The van der Waals surface area contributed by atoms with E-state index in [9.17, 15) is 51.7 Å². The van der Waals surface area contributed by atoms with Crippen LogP contribution in [-0.2, 0) is 85.1 Å². The van der Waals surface area contributed by atoms with E-state index in [1.807, 2.05) is 18.2 Å². The Morgan fingerprint density at radius 3 is 1.78 bits per heavy atom. The summed E-state index contributed by atoms with van der Waals surface area (Å²) in [6.07, 6.45) is -31.7. The van der Waals surface area contributed by atoms with Gasteiger partial charge in [0.2, 0.25) is 0 Å². The molecule has 35 heteroatoms. The SMILES string of the molecule is COc1ccc(CO[C@H](C(=O)N[C@H]2[C@H](O)[C@@H](O[C@@H]3O[C@H](CO)[C@@H](O[C@H]4O[C@@H](CN=[N+]=[N-])[C@@H](O)[C@H](O)[C@H]4N=[N+]=[N-])[C@H]3O)[C@H](O[C@H]3O[C@H](CN(Cc4ccccc4)C(=O)OCc4ccccc4)CC[C@H]3N=[N+]=[N-])[C@@H](NC(=O)OCc3ccccc3)[C@@H]2OCc2ccccc2)[C@H](F)CN=[N+]=[N-])cc1. The molecule has 9 rings (SSSR count). The molecule has 3 heterocycles. The van der Waals surface area contributed by atoms with Gasteiger partial charge in [0.15, 0.2) is 25.0 Å². The number of azide groups is 4. The van der Waals surface area contributed by atoms with Crippen molar-refractivity contribution in [2.75, 3.05) is 33.4 Å². The molecule has 0 spiro atoms. The Balaban J connectivity index is 1.14. The number of benzene rings is 5. The predicted octanol–water partition coefficient (Wildman–Crippen LogP) is 6.66. The number of carbonyl (C=O) groups is 3. The Bertz CT molecular complexity index is 3610. The fourth-order valence-electron chi connectivity index (χ4n) is 11.9. The Kier molecular flexibility index (Phi) is 28.2. The van der Waals surface area contributed by atoms with Crippen LogP contribution in [0, 0.1) is 0 Å². The Labute approximate surface area is 571 Å². The fourth-order valence-corrected chi connectivity index (χ4v) is 11.9. The molecular weight excluding hydrogens is 1310 g/mol. The number of alkyl halides is 1. The number of alkyl carbamates (subject to hydrolysis) is 1. The standard InChI is InChI=1S/C65H76FN15O19/c1-90-42-24-22-41(23-25-42)34-91-55(44(66)28-71-77-67)60(87)73-48-53(85)59(100-63-54(86)56(47(32-82)97-63)98-62-49(76-80-70)52(84)51(83)46(96-62)29-72-78-68)58(50(57(48)92-33-38-16-8-3-9-17-38)74-64(88)93-35-39-18-10-4-11-19-39)99-61-45(75-79-69)27-26-43(95-61)31-81(30-37-14-6-2-7-15-37)65(89)94-36-40-20-12-5-13-21-40/h2-25,43-59,61-63,82-86H,26-36H2,1H3,(H,73,87)(H,74,88)/t43-,44+,45+,46-,47+,48-,49+,50-,51+,52+,53-,54+,55-,56+,57+,58+,59+,61+,62+,63-/m0/s1. The van der Waals surface area contributed by atoms with E-state index in [1.165, 1.54) is 12.0 Å². The second-order valence-electron chi connectivity index (χ2n) is 23.6. The highest BCUT2D eigenvalue weighted by Crippen LogP contribution is 2.38. The molecule has 0 radical (unpaired) electrons. The van der Waals surface area contributed by atoms with E-state index in [2.05, 4.69) is 50.7 Å². The average Bonchev–Trinajstić information content (AvgIpc) is 1.31. The second kappa shape index (κ2) is 37.7. The lowest BCUT2D eigenvalue weighted by Gasteiger charge is -2.51. The largest absolute Gasteiger partial charge is 0.497 e. The molecule has 1 saturated carbocycles. The lowest BCUT2D eigenvalue weighted by molar-refractivity contribution is -0.301. The molecule has 532 valence electrons. The molecule has 100 heavy (non-hydrogen) atoms. The van der Waals surface area contributed by atoms with Crippen LogP contribution >= 0.6 is 0 Å². The summed E-state index contributed by atoms with van der Waals surface area (Å²) >= 11 is 0. The minimum absolute atomic E-state index is 0.0115. The lowest BCUT2D eigenvalue weighted by Crippen LogP contribution is -2.75. The van der Waals surface area contributed by atoms with Crippen molar-refractivity contribution in [3.8, 4) is 5.75 Å². The van der Waals surface area contributed by atoms with Gasteiger partial charge >= 0.3 is 12.2 Å². The van der Waals surface area contributed by atoms with Gasteiger partial charge in [-0.3, -0.25) is 4.79 Å². The third-order valence-electron chi connectivity index (χ3n) is 16.9. The van der Waals surface area contributed by atoms with Crippen molar-refractivity contribution < 1.29 is 96.4 Å². The lowest BCUT2D eigenvalue weighted by atomic mass is 9.80. The van der Waals surface area contributed by atoms with E-state index < -0.39 is 167 Å². The molecule has 3 saturated heterocycles. The number of ether oxygens (including phenoxy) is 11. The van der Waals surface area contributed by atoms with Gasteiger partial charge in [0.1, 0.15) is 80.0 Å². The first kappa shape index (κ1) is 74.8. The monoisotopic (exact) mass is 1390 g/mol. The summed E-state index contributed by atoms with van der Waals surface area (Å²) in [4.78, 5) is 56.6. The molecule has 0 aromatic heterocycles. The van der Waals surface area contributed by atoms with Crippen molar-refractivity contribution in [3.63, 3.8) is 0 Å². The van der Waals surface area contributed by atoms with Gasteiger partial charge in [-0.15, -0.1) is 0 Å². The number of aliphatic hydroxyl groups is 5. The second-order valence-corrected chi connectivity index (χ2v) is 23.6. The van der Waals surface area contributed by atoms with E-state index in [0.29, 0.717) is 28.0 Å². The molecule has 4 aliphatic rings. The summed E-state index contributed by atoms with van der Waals surface area (Å²) in [5.41, 5.74) is 41.0. The molecule has 3 aliphatic heterocycles. The van der Waals surface area contributed by atoms with Crippen LogP contribution in [0.4, 0.5) is 14.0 Å². The van der Waals surface area contributed by atoms with Gasteiger partial charge in [-0.2, -0.15) is 0 Å². The van der Waals surface area contributed by atoms with Gasteiger partial charge in [-0.1, -0.05) is 154 Å². The van der Waals surface area contributed by atoms with Crippen LogP contribution in [0.2, 0.25) is 0 Å². The third kappa shape index (κ3) is 20.2. The zero-order valence-electron chi connectivity index (χ0n) is 53.8. The van der Waals surface area contributed by atoms with Crippen molar-refractivity contribution >= 4 is 18.1 Å². The first-order chi connectivity index (χ1) is 48.6. The third-order valence-corrected chi connectivity index (χ3v) is 16.9. The normalized spacial score (nSPS) is 28.4. The molecule has 4 fully saturated rings. The van der Waals surface area contributed by atoms with Crippen LogP contribution in [0.1, 0.15) is 40.7 Å². The average molecular weight is 1390 g/mol. The highest BCUT2D eigenvalue weighted by molar-refractivity contribution is 5.82. The van der Waals surface area contributed by atoms with Crippen molar-refractivity contribution in [3.05, 3.63) is 215 Å². The molecule has 5 aromatic rings. The van der Waals surface area contributed by atoms with Crippen LogP contribution < -0.4 is 15.4 Å². The Morgan fingerprint density at radius 2 is 1.17 bits per heavy atom. The number of halogens is 1. The van der Waals surface area contributed by atoms with Gasteiger partial charge in [0.25, 0.3) is 5.91 Å². The predicted molar refractivity (Wildman–Crippen MR) is 345 cm³/mol. The fraction of sp³-hybridized carbons (Fsp3) is 0.492. The number of hydrogen-bond acceptors (Lipinski definition) is 23. The van der Waals surface area contributed by atoms with Gasteiger partial charge < -0.3 is 93.2 Å². The highest BCUT2D eigenvalue weighted by atomic mass is 19.1. The van der Waals surface area contributed by atoms with Gasteiger partial charge in [-0.25, -0.2) is 14.0 Å². The van der Waals surface area contributed by atoms with Crippen LogP contribution in [0.3, 0.4) is 0 Å². The summed E-state index contributed by atoms with van der Waals surface area (Å²) in [6, 6.07) is 34.6. The van der Waals surface area contributed by atoms with Crippen LogP contribution in [0.5, 0.6) is 5.75 Å². The smallest absolute Gasteiger partial charge is 0.410 e. The van der Waals surface area contributed by atoms with Crippen LogP contribution in [0.15, 0.2) is 166 Å². The Hall–Kier alpha value is -9.44. The zero-order chi connectivity index (χ0) is 70.9. The Morgan fingerprint density at radius 1 is 0.590 bits per heavy atom. The van der Waals surface area contributed by atoms with E-state index in [4.69, 9.17) is 57.6 Å². The van der Waals surface area contributed by atoms with Gasteiger partial charge in [0, 0.05) is 26.2 Å². The van der Waals surface area contributed by atoms with Crippen molar-refractivity contribution in [2.45, 2.75) is 168 Å². The van der Waals surface area contributed by atoms with E-state index in [1.54, 1.807) is 127 Å². The number of hydrogen-bond donors (Lipinski definition) is 7. The van der Waals surface area contributed by atoms with Crippen molar-refractivity contribution in [1.29, 1.82) is 0 Å². The molecule has 34 nitrogen and oxygen atoms in total. The number of aliphatic hydroxyl groups excluding tert-OH is 5. The molecule has 3 amide bonds. The first-order valence-corrected chi connectivity index (χ1v) is 31.8. The number of nitrogens with zero attached hydrogens (tertiary/aromatic N) is 13. The minimum atomic E-state index is -2.37. The van der Waals surface area contributed by atoms with Crippen molar-refractivity contribution in [2.24, 2.45) is 20.5 Å². The quantitative estimate of drug-likeness (QED) is 0.0134. The van der Waals surface area contributed by atoms with Crippen LogP contribution in [-0.4, -0.2) is 204 Å². The number of amides is 3. The first-order valence-electron chi connectivity index (χ1n) is 31.8. The number of nitrogens with one attached hydrogen (secondary N) is 2. The van der Waals surface area contributed by atoms with E-state index in [0.717, 1.165) is 5.56 Å². The van der Waals surface area contributed by atoms with Gasteiger partial charge in [-0.05, 0) is 74.9 Å². The zero-order valence-corrected chi connectivity index (χ0v) is 53.8. The summed E-state index contributed by atoms with van der Waals surface area (Å²) in [5, 5.41) is 78.6. The summed E-state index contributed by atoms with van der Waals surface area (Å²) in [7, 11) is 1.45. The highest BCUT2D eigenvalue weighted by Gasteiger charge is 2.59. The van der Waals surface area contributed by atoms with Crippen molar-refractivity contribution in [1.82, 2.24) is 15.5 Å². The topological polar surface area (TPSA) is 476 Å². The molecule has 7 N–H and O–H groups in total. The number of rotatable bonds is 32. The molecule has 5 aromatic carbocycles. The van der Waals surface area contributed by atoms with Gasteiger partial charge in [0.05, 0.1) is 83.0 Å². The molecule has 0 unspecified atom stereocenters. The molecule has 20 atom stereocenters. The molecule has 1 aliphatic carbocycles. The number of methoxy groups -OCH3 is 1. The number of carbonyl (C=O) groups excluding carboxylic acids is 3. The summed E-state index contributed by atoms with van der Waals surface area (Å²) < 4.78 is 84.8. The van der Waals surface area contributed by atoms with Crippen LogP contribution in [0.25, 0.3) is 41.8 Å². The van der Waals surface area contributed by atoms with E-state index >= 15 is 9.18 Å². The summed E-state index contributed by atoms with van der Waals surface area (Å²) in [5.74, 6) is -0.812. The maximum absolute atomic E-state index is 16.6. The maximum Gasteiger partial charge on any atom is 0.410 e. The summed E-state index contributed by atoms with van der Waals surface area (Å²) in [6.45, 7) is -3.81. The maximum atomic E-state index is 16.6. The minimum Gasteiger partial charge on any atom is -0.497 e. The van der Waals surface area contributed by atoms with E-state index in [-0.39, 0.29) is 45.8 Å². The molecule has 0 bridgehead atoms.